The van der Waals surface area contributed by atoms with Crippen LogP contribution >= 0.6 is 0 Å². The van der Waals surface area contributed by atoms with Gasteiger partial charge in [-0.2, -0.15) is 0 Å². The van der Waals surface area contributed by atoms with Crippen LogP contribution in [0.4, 0.5) is 11.4 Å². The van der Waals surface area contributed by atoms with Gasteiger partial charge in [0.1, 0.15) is 5.82 Å². The standard InChI is InChI=1S/C53H37N3/c1-53(2)43-22-11-10-16-36(43)37-29-28-34(31-44(37)53)48-38-17-6-8-19-40(38)49(41-20-9-7-18-39(41)48)42-21-12-25-47-50(42)55(3)46-24-13-23-45-51(46)56(47)52(54-45)35-27-26-32-14-4-5-15-33(32)30-35/h4-31H,1-3H3. The summed E-state index contributed by atoms with van der Waals surface area (Å²) in [5.41, 5.74) is 17.1. The third-order valence-corrected chi connectivity index (χ3v) is 12.7. The van der Waals surface area contributed by atoms with E-state index in [2.05, 4.69) is 200 Å². The molecule has 264 valence electrons. The number of anilines is 2. The van der Waals surface area contributed by atoms with Crippen LogP contribution in [0.5, 0.6) is 0 Å². The Morgan fingerprint density at radius 2 is 1.07 bits per heavy atom. The van der Waals surface area contributed by atoms with Crippen molar-refractivity contribution in [3.63, 3.8) is 0 Å². The first-order chi connectivity index (χ1) is 27.5. The van der Waals surface area contributed by atoms with Gasteiger partial charge in [0.2, 0.25) is 0 Å². The highest BCUT2D eigenvalue weighted by atomic mass is 15.2. The van der Waals surface area contributed by atoms with E-state index < -0.39 is 0 Å². The molecule has 0 bridgehead atoms. The molecule has 0 saturated heterocycles. The Bertz CT molecular complexity index is 3250. The number of hydrogen-bond acceptors (Lipinski definition) is 2. The van der Waals surface area contributed by atoms with Gasteiger partial charge in [-0.15, -0.1) is 0 Å². The molecule has 0 N–H and O–H groups in total. The summed E-state index contributed by atoms with van der Waals surface area (Å²) < 4.78 is 2.40. The van der Waals surface area contributed by atoms with Gasteiger partial charge in [-0.25, -0.2) is 4.98 Å². The molecule has 9 aromatic carbocycles. The zero-order valence-corrected chi connectivity index (χ0v) is 31.5. The third kappa shape index (κ3) is 4.15. The lowest BCUT2D eigenvalue weighted by molar-refractivity contribution is 0.660. The second-order valence-electron chi connectivity index (χ2n) is 16.0. The molecule has 1 aliphatic carbocycles. The molecule has 10 aromatic rings. The molecule has 1 aromatic heterocycles. The second kappa shape index (κ2) is 11.3. The summed E-state index contributed by atoms with van der Waals surface area (Å²) in [5.74, 6) is 0.955. The fraction of sp³-hybridized carbons (Fsp3) is 0.0755. The first-order valence-corrected chi connectivity index (χ1v) is 19.5. The number of aromatic nitrogens is 2. The van der Waals surface area contributed by atoms with Crippen molar-refractivity contribution < 1.29 is 0 Å². The molecule has 2 aliphatic rings. The van der Waals surface area contributed by atoms with E-state index >= 15 is 0 Å². The van der Waals surface area contributed by atoms with Crippen molar-refractivity contribution in [1.82, 2.24) is 9.55 Å². The number of hydrogen-bond donors (Lipinski definition) is 0. The van der Waals surface area contributed by atoms with Gasteiger partial charge in [0, 0.05) is 23.6 Å². The Balaban J connectivity index is 1.12. The quantitative estimate of drug-likeness (QED) is 0.170. The molecule has 1 aliphatic heterocycles. The van der Waals surface area contributed by atoms with Crippen LogP contribution in [0, 0.1) is 0 Å². The largest absolute Gasteiger partial charge is 0.341 e. The van der Waals surface area contributed by atoms with Gasteiger partial charge in [-0.3, -0.25) is 4.57 Å². The van der Waals surface area contributed by atoms with Crippen molar-refractivity contribution in [3.8, 4) is 50.5 Å². The Kier molecular flexibility index (Phi) is 6.32. The molecule has 56 heavy (non-hydrogen) atoms. The predicted octanol–water partition coefficient (Wildman–Crippen LogP) is 13.9. The van der Waals surface area contributed by atoms with Crippen LogP contribution in [-0.2, 0) is 5.41 Å². The maximum Gasteiger partial charge on any atom is 0.145 e. The van der Waals surface area contributed by atoms with Gasteiger partial charge in [-0.05, 0) is 102 Å². The minimum atomic E-state index is -0.0814. The fourth-order valence-electron chi connectivity index (χ4n) is 10.1. The van der Waals surface area contributed by atoms with E-state index in [1.165, 1.54) is 82.5 Å². The summed E-state index contributed by atoms with van der Waals surface area (Å²) >= 11 is 0. The minimum Gasteiger partial charge on any atom is -0.341 e. The molecule has 3 nitrogen and oxygen atoms in total. The highest BCUT2D eigenvalue weighted by molar-refractivity contribution is 6.23. The maximum atomic E-state index is 5.33. The van der Waals surface area contributed by atoms with E-state index in [1.54, 1.807) is 0 Å². The van der Waals surface area contributed by atoms with Crippen molar-refractivity contribution >= 4 is 54.7 Å². The first-order valence-electron chi connectivity index (χ1n) is 19.5. The molecule has 0 amide bonds. The second-order valence-corrected chi connectivity index (χ2v) is 16.0. The zero-order valence-electron chi connectivity index (χ0n) is 31.5. The molecule has 3 heteroatoms. The van der Waals surface area contributed by atoms with Crippen LogP contribution < -0.4 is 4.90 Å². The van der Waals surface area contributed by atoms with Crippen molar-refractivity contribution in [2.75, 3.05) is 11.9 Å². The average Bonchev–Trinajstić information content (AvgIpc) is 3.74. The summed E-state index contributed by atoms with van der Waals surface area (Å²) in [6, 6.07) is 62.7. The van der Waals surface area contributed by atoms with E-state index in [-0.39, 0.29) is 5.41 Å². The van der Waals surface area contributed by atoms with Crippen LogP contribution in [0.25, 0.3) is 93.8 Å². The number of nitrogens with zero attached hydrogens (tertiary/aromatic N) is 3. The minimum absolute atomic E-state index is 0.0814. The van der Waals surface area contributed by atoms with E-state index in [9.17, 15) is 0 Å². The average molecular weight is 716 g/mol. The lowest BCUT2D eigenvalue weighted by Gasteiger charge is -2.32. The molecule has 2 heterocycles. The molecule has 0 unspecified atom stereocenters. The summed E-state index contributed by atoms with van der Waals surface area (Å²) in [7, 11) is 2.21. The van der Waals surface area contributed by atoms with Gasteiger partial charge in [0.15, 0.2) is 0 Å². The number of rotatable bonds is 3. The molecule has 0 spiro atoms. The summed E-state index contributed by atoms with van der Waals surface area (Å²) in [6.07, 6.45) is 0. The fourth-order valence-corrected chi connectivity index (χ4v) is 10.1. The molecule has 12 rings (SSSR count). The molecule has 0 atom stereocenters. The molecule has 0 radical (unpaired) electrons. The Morgan fingerprint density at radius 1 is 0.464 bits per heavy atom. The Morgan fingerprint density at radius 3 is 1.86 bits per heavy atom. The highest BCUT2D eigenvalue weighted by Crippen LogP contribution is 2.54. The number of benzene rings is 9. The Labute approximate surface area is 325 Å². The van der Waals surface area contributed by atoms with Crippen LogP contribution in [0.1, 0.15) is 25.0 Å². The summed E-state index contributed by atoms with van der Waals surface area (Å²) in [6.45, 7) is 4.74. The first kappa shape index (κ1) is 31.4. The number of imidazole rings is 1. The monoisotopic (exact) mass is 715 g/mol. The zero-order chi connectivity index (χ0) is 37.3. The topological polar surface area (TPSA) is 21.1 Å². The van der Waals surface area contributed by atoms with Crippen molar-refractivity contribution in [2.45, 2.75) is 19.3 Å². The molecular formula is C53H37N3. The van der Waals surface area contributed by atoms with Gasteiger partial charge < -0.3 is 4.90 Å². The third-order valence-electron chi connectivity index (χ3n) is 12.7. The summed E-state index contributed by atoms with van der Waals surface area (Å²) in [4.78, 5) is 7.71. The predicted molar refractivity (Wildman–Crippen MR) is 236 cm³/mol. The number of para-hydroxylation sites is 2. The van der Waals surface area contributed by atoms with Gasteiger partial charge in [0.25, 0.3) is 0 Å². The maximum absolute atomic E-state index is 5.33. The van der Waals surface area contributed by atoms with Crippen LogP contribution in [0.2, 0.25) is 0 Å². The van der Waals surface area contributed by atoms with Crippen molar-refractivity contribution in [3.05, 3.63) is 181 Å². The van der Waals surface area contributed by atoms with E-state index in [1.807, 2.05) is 0 Å². The SMILES string of the molecule is CN1c2c(-c3c4ccccc4c(-c4ccc5c(c4)C(C)(C)c4ccccc4-5)c4ccccc34)cccc2-n2c(-c3ccc4ccccc4c3)nc3cccc1c32. The van der Waals surface area contributed by atoms with Crippen molar-refractivity contribution in [1.29, 1.82) is 0 Å². The lowest BCUT2D eigenvalue weighted by atomic mass is 9.80. The van der Waals surface area contributed by atoms with E-state index in [0.717, 1.165) is 33.8 Å². The Hall–Kier alpha value is -6.97. The van der Waals surface area contributed by atoms with Gasteiger partial charge in [-0.1, -0.05) is 153 Å². The van der Waals surface area contributed by atoms with Crippen LogP contribution in [-0.4, -0.2) is 16.6 Å². The van der Waals surface area contributed by atoms with E-state index in [0.29, 0.717) is 0 Å². The normalized spacial score (nSPS) is 13.7. The van der Waals surface area contributed by atoms with Crippen LogP contribution in [0.15, 0.2) is 170 Å². The van der Waals surface area contributed by atoms with E-state index in [4.69, 9.17) is 4.98 Å². The smallest absolute Gasteiger partial charge is 0.145 e. The van der Waals surface area contributed by atoms with Crippen LogP contribution in [0.3, 0.4) is 0 Å². The van der Waals surface area contributed by atoms with Gasteiger partial charge >= 0.3 is 0 Å². The molecule has 0 fully saturated rings. The highest BCUT2D eigenvalue weighted by Gasteiger charge is 2.36. The molecular weight excluding hydrogens is 679 g/mol. The lowest BCUT2D eigenvalue weighted by Crippen LogP contribution is -2.19. The van der Waals surface area contributed by atoms with Crippen molar-refractivity contribution in [2.24, 2.45) is 0 Å². The van der Waals surface area contributed by atoms with Gasteiger partial charge in [0.05, 0.1) is 28.1 Å². The summed E-state index contributed by atoms with van der Waals surface area (Å²) in [5, 5.41) is 7.44. The number of fused-ring (bicyclic) bond motifs is 8. The molecule has 0 saturated carbocycles.